The molecule has 0 amide bonds. The highest BCUT2D eigenvalue weighted by molar-refractivity contribution is 5.51. The zero-order valence-corrected chi connectivity index (χ0v) is 7.59. The molecule has 0 radical (unpaired) electrons. The van der Waals surface area contributed by atoms with Crippen LogP contribution in [0.25, 0.3) is 0 Å². The minimum Gasteiger partial charge on any atom is -0.385 e. The van der Waals surface area contributed by atoms with Gasteiger partial charge in [0.25, 0.3) is 0 Å². The average Bonchev–Trinajstić information content (AvgIpc) is 1.99. The van der Waals surface area contributed by atoms with Gasteiger partial charge in [-0.1, -0.05) is 6.92 Å². The van der Waals surface area contributed by atoms with Crippen molar-refractivity contribution in [3.05, 3.63) is 17.8 Å². The molecule has 1 rings (SSSR count). The van der Waals surface area contributed by atoms with Gasteiger partial charge in [-0.2, -0.15) is 0 Å². The second-order valence-corrected chi connectivity index (χ2v) is 2.85. The number of pyridine rings is 1. The van der Waals surface area contributed by atoms with Crippen molar-refractivity contribution in [2.75, 3.05) is 17.6 Å². The summed E-state index contributed by atoms with van der Waals surface area (Å²) in [4.78, 5) is 4.08. The molecule has 12 heavy (non-hydrogen) atoms. The Bertz CT molecular complexity index is 238. The van der Waals surface area contributed by atoms with Gasteiger partial charge in [-0.3, -0.25) is 0 Å². The molecular formula is C9H15N3. The topological polar surface area (TPSA) is 50.9 Å². The maximum Gasteiger partial charge on any atom is 0.125 e. The molecule has 1 heterocycles. The Kier molecular flexibility index (Phi) is 2.91. The number of rotatable bonds is 3. The van der Waals surface area contributed by atoms with Crippen LogP contribution in [0.3, 0.4) is 0 Å². The van der Waals surface area contributed by atoms with E-state index in [4.69, 9.17) is 5.73 Å². The van der Waals surface area contributed by atoms with Crippen molar-refractivity contribution in [2.24, 2.45) is 0 Å². The summed E-state index contributed by atoms with van der Waals surface area (Å²) >= 11 is 0. The first-order valence-corrected chi connectivity index (χ1v) is 4.20. The molecule has 66 valence electrons. The lowest BCUT2D eigenvalue weighted by Crippen LogP contribution is -2.02. The third-order valence-electron chi connectivity index (χ3n) is 1.55. The van der Waals surface area contributed by atoms with Crippen LogP contribution in [0.2, 0.25) is 0 Å². The molecule has 0 aliphatic carbocycles. The maximum absolute atomic E-state index is 5.58. The van der Waals surface area contributed by atoms with Crippen LogP contribution in [-0.4, -0.2) is 11.5 Å². The largest absolute Gasteiger partial charge is 0.385 e. The summed E-state index contributed by atoms with van der Waals surface area (Å²) in [5, 5.41) is 3.26. The van der Waals surface area contributed by atoms with E-state index in [0.717, 1.165) is 24.3 Å². The van der Waals surface area contributed by atoms with Crippen molar-refractivity contribution in [3.8, 4) is 0 Å². The quantitative estimate of drug-likeness (QED) is 0.718. The third-order valence-corrected chi connectivity index (χ3v) is 1.55. The van der Waals surface area contributed by atoms with Crippen LogP contribution in [0, 0.1) is 6.92 Å². The van der Waals surface area contributed by atoms with Crippen LogP contribution in [0.5, 0.6) is 0 Å². The van der Waals surface area contributed by atoms with Crippen molar-refractivity contribution in [1.29, 1.82) is 0 Å². The van der Waals surface area contributed by atoms with E-state index in [1.807, 2.05) is 19.1 Å². The van der Waals surface area contributed by atoms with E-state index < -0.39 is 0 Å². The maximum atomic E-state index is 5.58. The van der Waals surface area contributed by atoms with Gasteiger partial charge in [0.2, 0.25) is 0 Å². The SMILES string of the molecule is CCCNc1cc(C)nc(N)c1. The van der Waals surface area contributed by atoms with Crippen molar-refractivity contribution in [1.82, 2.24) is 4.98 Å². The Morgan fingerprint density at radius 2 is 2.25 bits per heavy atom. The average molecular weight is 165 g/mol. The van der Waals surface area contributed by atoms with Gasteiger partial charge in [-0.05, 0) is 19.4 Å². The van der Waals surface area contributed by atoms with Gasteiger partial charge < -0.3 is 11.1 Å². The van der Waals surface area contributed by atoms with Crippen molar-refractivity contribution in [2.45, 2.75) is 20.3 Å². The fraction of sp³-hybridized carbons (Fsp3) is 0.444. The number of nitrogens with one attached hydrogen (secondary N) is 1. The van der Waals surface area contributed by atoms with Crippen LogP contribution in [0.4, 0.5) is 11.5 Å². The number of hydrogen-bond donors (Lipinski definition) is 2. The van der Waals surface area contributed by atoms with E-state index in [0.29, 0.717) is 5.82 Å². The number of anilines is 2. The molecule has 0 aromatic carbocycles. The van der Waals surface area contributed by atoms with E-state index in [1.54, 1.807) is 0 Å². The minimum absolute atomic E-state index is 0.577. The first-order valence-electron chi connectivity index (χ1n) is 4.20. The van der Waals surface area contributed by atoms with Gasteiger partial charge >= 0.3 is 0 Å². The summed E-state index contributed by atoms with van der Waals surface area (Å²) in [6.07, 6.45) is 1.11. The lowest BCUT2D eigenvalue weighted by molar-refractivity contribution is 0.978. The predicted molar refractivity (Wildman–Crippen MR) is 52.2 cm³/mol. The number of nitrogens with zero attached hydrogens (tertiary/aromatic N) is 1. The normalized spacial score (nSPS) is 9.83. The Balaban J connectivity index is 2.72. The number of hydrogen-bond acceptors (Lipinski definition) is 3. The Labute approximate surface area is 73.0 Å². The molecule has 1 aromatic rings. The molecule has 3 heteroatoms. The standard InChI is InChI=1S/C9H15N3/c1-3-4-11-8-5-7(2)12-9(10)6-8/h5-6H,3-4H2,1-2H3,(H3,10,11,12). The molecule has 0 atom stereocenters. The van der Waals surface area contributed by atoms with Gasteiger partial charge in [0, 0.05) is 24.0 Å². The number of nitrogen functional groups attached to an aromatic ring is 1. The van der Waals surface area contributed by atoms with Gasteiger partial charge in [-0.25, -0.2) is 4.98 Å². The van der Waals surface area contributed by atoms with E-state index >= 15 is 0 Å². The summed E-state index contributed by atoms with van der Waals surface area (Å²) in [6, 6.07) is 3.84. The van der Waals surface area contributed by atoms with Crippen molar-refractivity contribution in [3.63, 3.8) is 0 Å². The van der Waals surface area contributed by atoms with E-state index in [9.17, 15) is 0 Å². The zero-order chi connectivity index (χ0) is 8.97. The zero-order valence-electron chi connectivity index (χ0n) is 7.59. The van der Waals surface area contributed by atoms with E-state index in [-0.39, 0.29) is 0 Å². The smallest absolute Gasteiger partial charge is 0.125 e. The first kappa shape index (κ1) is 8.84. The Hall–Kier alpha value is -1.25. The summed E-state index contributed by atoms with van der Waals surface area (Å²) in [6.45, 7) is 5.04. The second-order valence-electron chi connectivity index (χ2n) is 2.85. The number of aromatic nitrogens is 1. The predicted octanol–water partition coefficient (Wildman–Crippen LogP) is 1.79. The molecule has 0 aliphatic rings. The highest BCUT2D eigenvalue weighted by atomic mass is 14.9. The van der Waals surface area contributed by atoms with E-state index in [1.165, 1.54) is 0 Å². The molecule has 0 unspecified atom stereocenters. The summed E-state index contributed by atoms with van der Waals surface area (Å²) in [5.41, 5.74) is 7.59. The monoisotopic (exact) mass is 165 g/mol. The highest BCUT2D eigenvalue weighted by Gasteiger charge is 1.94. The number of nitrogens with two attached hydrogens (primary N) is 1. The molecular weight excluding hydrogens is 150 g/mol. The molecule has 0 saturated heterocycles. The fourth-order valence-corrected chi connectivity index (χ4v) is 1.07. The highest BCUT2D eigenvalue weighted by Crippen LogP contribution is 2.11. The van der Waals surface area contributed by atoms with Crippen molar-refractivity contribution < 1.29 is 0 Å². The molecule has 0 spiro atoms. The Morgan fingerprint density at radius 1 is 1.50 bits per heavy atom. The lowest BCUT2D eigenvalue weighted by atomic mass is 10.3. The van der Waals surface area contributed by atoms with Gasteiger partial charge in [0.1, 0.15) is 5.82 Å². The third kappa shape index (κ3) is 2.42. The molecule has 0 saturated carbocycles. The number of aryl methyl sites for hydroxylation is 1. The molecule has 0 aliphatic heterocycles. The van der Waals surface area contributed by atoms with Gasteiger partial charge in [0.05, 0.1) is 0 Å². The second kappa shape index (κ2) is 3.95. The molecule has 3 nitrogen and oxygen atoms in total. The van der Waals surface area contributed by atoms with Gasteiger partial charge in [-0.15, -0.1) is 0 Å². The van der Waals surface area contributed by atoms with Crippen LogP contribution in [0.1, 0.15) is 19.0 Å². The summed E-state index contributed by atoms with van der Waals surface area (Å²) in [7, 11) is 0. The first-order chi connectivity index (χ1) is 5.72. The Morgan fingerprint density at radius 3 is 2.83 bits per heavy atom. The lowest BCUT2D eigenvalue weighted by Gasteiger charge is -2.05. The van der Waals surface area contributed by atoms with Crippen LogP contribution >= 0.6 is 0 Å². The molecule has 0 fully saturated rings. The molecule has 0 bridgehead atoms. The van der Waals surface area contributed by atoms with Crippen molar-refractivity contribution >= 4 is 11.5 Å². The minimum atomic E-state index is 0.577. The molecule has 3 N–H and O–H groups in total. The fourth-order valence-electron chi connectivity index (χ4n) is 1.07. The summed E-state index contributed by atoms with van der Waals surface area (Å²) < 4.78 is 0. The van der Waals surface area contributed by atoms with Gasteiger partial charge in [0.15, 0.2) is 0 Å². The van der Waals surface area contributed by atoms with Crippen LogP contribution in [0.15, 0.2) is 12.1 Å². The molecule has 1 aromatic heterocycles. The summed E-state index contributed by atoms with van der Waals surface area (Å²) in [5.74, 6) is 0.577. The van der Waals surface area contributed by atoms with Crippen LogP contribution in [-0.2, 0) is 0 Å². The van der Waals surface area contributed by atoms with Crippen LogP contribution < -0.4 is 11.1 Å². The van der Waals surface area contributed by atoms with E-state index in [2.05, 4.69) is 17.2 Å².